The fourth-order valence-corrected chi connectivity index (χ4v) is 4.11. The number of alkyl halides is 1. The van der Waals surface area contributed by atoms with Gasteiger partial charge >= 0.3 is 7.37 Å². The second-order valence-electron chi connectivity index (χ2n) is 4.65. The van der Waals surface area contributed by atoms with E-state index >= 15 is 0 Å². The van der Waals surface area contributed by atoms with Crippen LogP contribution < -0.4 is 0 Å². The monoisotopic (exact) mass is 334 g/mol. The average molecular weight is 335 g/mol. The maximum absolute atomic E-state index is 13.1. The van der Waals surface area contributed by atoms with Crippen LogP contribution in [0.3, 0.4) is 0 Å². The van der Waals surface area contributed by atoms with Gasteiger partial charge in [-0.15, -0.1) is 11.6 Å². The molecule has 22 heavy (non-hydrogen) atoms. The molecule has 114 valence electrons. The number of halogens is 1. The molecule has 2 aromatic rings. The molecule has 2 aromatic carbocycles. The van der Waals surface area contributed by atoms with Crippen LogP contribution in [0.4, 0.5) is 0 Å². The summed E-state index contributed by atoms with van der Waals surface area (Å²) >= 11 is 5.92. The van der Waals surface area contributed by atoms with Gasteiger partial charge in [-0.25, -0.2) is 0 Å². The molecule has 0 bridgehead atoms. The van der Waals surface area contributed by atoms with E-state index in [-0.39, 0.29) is 5.88 Å². The van der Waals surface area contributed by atoms with Gasteiger partial charge < -0.3 is 9.63 Å². The molecule has 0 saturated heterocycles. The molecule has 0 saturated carbocycles. The summed E-state index contributed by atoms with van der Waals surface area (Å²) in [6.07, 6.45) is 0. The maximum Gasteiger partial charge on any atom is 0.310 e. The standard InChI is InChI=1S/C17H16ClO3P/c1-21-22(20,13-12-15-8-4-2-5-9-15)17(19,14-18)16-10-6-3-7-11-16/h2-11,19H,14H2,1H3. The first-order valence-electron chi connectivity index (χ1n) is 6.64. The summed E-state index contributed by atoms with van der Waals surface area (Å²) < 4.78 is 18.2. The molecule has 0 heterocycles. The highest BCUT2D eigenvalue weighted by molar-refractivity contribution is 7.65. The lowest BCUT2D eigenvalue weighted by atomic mass is 10.1. The lowest BCUT2D eigenvalue weighted by Crippen LogP contribution is -2.28. The van der Waals surface area contributed by atoms with Gasteiger partial charge in [0.15, 0.2) is 5.34 Å². The van der Waals surface area contributed by atoms with E-state index in [4.69, 9.17) is 16.1 Å². The minimum atomic E-state index is -3.75. The van der Waals surface area contributed by atoms with Gasteiger partial charge in [-0.1, -0.05) is 54.5 Å². The largest absolute Gasteiger partial charge is 0.373 e. The topological polar surface area (TPSA) is 46.5 Å². The van der Waals surface area contributed by atoms with Crippen LogP contribution >= 0.6 is 19.0 Å². The highest BCUT2D eigenvalue weighted by Gasteiger charge is 2.47. The first kappa shape index (κ1) is 16.8. The first-order valence-corrected chi connectivity index (χ1v) is 8.80. The van der Waals surface area contributed by atoms with Gasteiger partial charge in [-0.2, -0.15) is 0 Å². The van der Waals surface area contributed by atoms with E-state index in [1.807, 2.05) is 18.2 Å². The van der Waals surface area contributed by atoms with Crippen molar-refractivity contribution >= 4 is 19.0 Å². The third-order valence-corrected chi connectivity index (χ3v) is 6.17. The van der Waals surface area contributed by atoms with Crippen LogP contribution in [0.15, 0.2) is 60.7 Å². The molecule has 0 aliphatic rings. The lowest BCUT2D eigenvalue weighted by Gasteiger charge is -2.30. The Labute approximate surface area is 135 Å². The van der Waals surface area contributed by atoms with Crippen molar-refractivity contribution in [3.8, 4) is 11.6 Å². The predicted molar refractivity (Wildman–Crippen MR) is 89.0 cm³/mol. The van der Waals surface area contributed by atoms with Crippen LogP contribution in [0.5, 0.6) is 0 Å². The fraction of sp³-hybridized carbons (Fsp3) is 0.176. The minimum Gasteiger partial charge on any atom is -0.373 e. The summed E-state index contributed by atoms with van der Waals surface area (Å²) in [7, 11) is -2.48. The minimum absolute atomic E-state index is 0.286. The summed E-state index contributed by atoms with van der Waals surface area (Å²) in [5.41, 5.74) is 3.70. The second-order valence-corrected chi connectivity index (χ2v) is 7.35. The van der Waals surface area contributed by atoms with Crippen molar-refractivity contribution in [3.05, 3.63) is 71.8 Å². The summed E-state index contributed by atoms with van der Waals surface area (Å²) in [4.78, 5) is 0. The Morgan fingerprint density at radius 1 is 1.14 bits per heavy atom. The normalized spacial score (nSPS) is 16.0. The maximum atomic E-state index is 13.1. The third kappa shape index (κ3) is 3.27. The molecule has 5 heteroatoms. The zero-order chi connectivity index (χ0) is 16.1. The van der Waals surface area contributed by atoms with E-state index < -0.39 is 12.7 Å². The Hall–Kier alpha value is -1.56. The smallest absolute Gasteiger partial charge is 0.310 e. The SMILES string of the molecule is COP(=O)(C#Cc1ccccc1)C(O)(CCl)c1ccccc1. The summed E-state index contributed by atoms with van der Waals surface area (Å²) in [5.74, 6) is 2.50. The van der Waals surface area contributed by atoms with Crippen LogP contribution in [-0.2, 0) is 14.4 Å². The highest BCUT2D eigenvalue weighted by Crippen LogP contribution is 2.62. The fourth-order valence-electron chi connectivity index (χ4n) is 1.98. The van der Waals surface area contributed by atoms with Crippen molar-refractivity contribution in [1.29, 1.82) is 0 Å². The molecule has 2 unspecified atom stereocenters. The molecule has 2 rings (SSSR count). The van der Waals surface area contributed by atoms with Gasteiger partial charge in [-0.05, 0) is 23.4 Å². The van der Waals surface area contributed by atoms with E-state index in [0.717, 1.165) is 0 Å². The quantitative estimate of drug-likeness (QED) is 0.522. The van der Waals surface area contributed by atoms with Crippen molar-refractivity contribution in [2.24, 2.45) is 0 Å². The van der Waals surface area contributed by atoms with E-state index in [1.165, 1.54) is 7.11 Å². The van der Waals surface area contributed by atoms with Crippen LogP contribution in [-0.4, -0.2) is 18.1 Å². The van der Waals surface area contributed by atoms with Gasteiger partial charge in [0.1, 0.15) is 0 Å². The second kappa shape index (κ2) is 7.13. The zero-order valence-corrected chi connectivity index (χ0v) is 13.7. The van der Waals surface area contributed by atoms with Crippen molar-refractivity contribution in [2.45, 2.75) is 5.34 Å². The summed E-state index contributed by atoms with van der Waals surface area (Å²) in [6, 6.07) is 17.7. The Kier molecular flexibility index (Phi) is 5.45. The van der Waals surface area contributed by atoms with E-state index in [0.29, 0.717) is 11.1 Å². The van der Waals surface area contributed by atoms with E-state index in [1.54, 1.807) is 42.5 Å². The molecule has 0 aromatic heterocycles. The van der Waals surface area contributed by atoms with Crippen LogP contribution in [0.1, 0.15) is 11.1 Å². The van der Waals surface area contributed by atoms with Crippen molar-refractivity contribution in [1.82, 2.24) is 0 Å². The molecule has 0 amide bonds. The number of rotatable bonds is 4. The molecule has 0 aliphatic heterocycles. The van der Waals surface area contributed by atoms with Crippen molar-refractivity contribution in [3.63, 3.8) is 0 Å². The summed E-state index contributed by atoms with van der Waals surface area (Å²) in [6.45, 7) is 0. The molecule has 0 spiro atoms. The van der Waals surface area contributed by atoms with E-state index in [2.05, 4.69) is 11.6 Å². The average Bonchev–Trinajstić information content (AvgIpc) is 2.60. The van der Waals surface area contributed by atoms with Crippen LogP contribution in [0.25, 0.3) is 0 Å². The Morgan fingerprint density at radius 3 is 2.18 bits per heavy atom. The van der Waals surface area contributed by atoms with Crippen molar-refractivity contribution in [2.75, 3.05) is 13.0 Å². The first-order chi connectivity index (χ1) is 10.6. The molecule has 2 atom stereocenters. The Balaban J connectivity index is 2.48. The Bertz CT molecular complexity index is 722. The molecule has 1 N–H and O–H groups in total. The zero-order valence-electron chi connectivity index (χ0n) is 12.1. The number of hydrogen-bond donors (Lipinski definition) is 1. The molecule has 0 fully saturated rings. The van der Waals surface area contributed by atoms with Crippen molar-refractivity contribution < 1.29 is 14.2 Å². The molecule has 3 nitrogen and oxygen atoms in total. The number of hydrogen-bond acceptors (Lipinski definition) is 3. The van der Waals surface area contributed by atoms with Crippen LogP contribution in [0.2, 0.25) is 0 Å². The van der Waals surface area contributed by atoms with E-state index in [9.17, 15) is 9.67 Å². The lowest BCUT2D eigenvalue weighted by molar-refractivity contribution is 0.130. The predicted octanol–water partition coefficient (Wildman–Crippen LogP) is 4.00. The molecule has 0 radical (unpaired) electrons. The van der Waals surface area contributed by atoms with Gasteiger partial charge in [0.05, 0.1) is 5.88 Å². The number of aliphatic hydroxyl groups is 1. The van der Waals surface area contributed by atoms with Crippen LogP contribution in [0, 0.1) is 11.6 Å². The van der Waals surface area contributed by atoms with Gasteiger partial charge in [0, 0.05) is 12.7 Å². The van der Waals surface area contributed by atoms with Gasteiger partial charge in [0.2, 0.25) is 0 Å². The van der Waals surface area contributed by atoms with Gasteiger partial charge in [0.25, 0.3) is 0 Å². The third-order valence-electron chi connectivity index (χ3n) is 3.29. The molecule has 0 aliphatic carbocycles. The Morgan fingerprint density at radius 2 is 1.68 bits per heavy atom. The molecular formula is C17H16ClO3P. The summed E-state index contributed by atoms with van der Waals surface area (Å²) in [5, 5.41) is 9.01. The van der Waals surface area contributed by atoms with Gasteiger partial charge in [-0.3, -0.25) is 4.57 Å². The highest BCUT2D eigenvalue weighted by atomic mass is 35.5. The number of benzene rings is 2. The molecular weight excluding hydrogens is 319 g/mol.